The van der Waals surface area contributed by atoms with E-state index >= 15 is 0 Å². The molecule has 0 aliphatic heterocycles. The quantitative estimate of drug-likeness (QED) is 0.939. The number of nitrogens with zero attached hydrogens (tertiary/aromatic N) is 2. The summed E-state index contributed by atoms with van der Waals surface area (Å²) in [5, 5.41) is 7.11. The molecular weight excluding hydrogens is 306 g/mol. The molecule has 0 atom stereocenters. The Hall–Kier alpha value is -1.62. The average Bonchev–Trinajstić information content (AvgIpc) is 2.76. The number of aromatic nitrogens is 2. The Morgan fingerprint density at radius 1 is 1.42 bits per heavy atom. The van der Waals surface area contributed by atoms with E-state index in [1.165, 1.54) is 0 Å². The van der Waals surface area contributed by atoms with E-state index < -0.39 is 0 Å². The fourth-order valence-corrected chi connectivity index (χ4v) is 2.09. The number of nitrogens with one attached hydrogen (secondary N) is 1. The molecule has 4 nitrogen and oxygen atoms in total. The number of amides is 1. The third kappa shape index (κ3) is 3.67. The van der Waals surface area contributed by atoms with Gasteiger partial charge in [-0.2, -0.15) is 5.10 Å². The van der Waals surface area contributed by atoms with Crippen LogP contribution in [0.15, 0.2) is 41.0 Å². The van der Waals surface area contributed by atoms with Crippen LogP contribution in [0.3, 0.4) is 0 Å². The molecule has 0 aliphatic rings. The molecule has 1 aromatic heterocycles. The molecule has 0 spiro atoms. The molecule has 0 radical (unpaired) electrons. The highest BCUT2D eigenvalue weighted by atomic mass is 79.9. The average molecular weight is 322 g/mol. The Balaban J connectivity index is 2.14. The smallest absolute Gasteiger partial charge is 0.228 e. The minimum atomic E-state index is -0.0470. The molecule has 2 aromatic rings. The largest absolute Gasteiger partial charge is 0.311 e. The van der Waals surface area contributed by atoms with Gasteiger partial charge >= 0.3 is 0 Å². The van der Waals surface area contributed by atoms with E-state index in [0.717, 1.165) is 15.9 Å². The first kappa shape index (κ1) is 13.8. The van der Waals surface area contributed by atoms with Crippen LogP contribution in [-0.2, 0) is 11.3 Å². The third-order valence-corrected chi connectivity index (χ3v) is 3.21. The summed E-state index contributed by atoms with van der Waals surface area (Å²) in [7, 11) is 0. The number of hydrogen-bond acceptors (Lipinski definition) is 2. The molecular formula is C14H16BrN3O. The van der Waals surface area contributed by atoms with Crippen molar-refractivity contribution in [3.05, 3.63) is 46.6 Å². The number of carbonyl (C=O) groups is 1. The standard InChI is InChI=1S/C14H16BrN3O/c1-10(2)14(19)17-13-6-7-16-18(13)9-11-4-3-5-12(15)8-11/h3-8,10H,9H2,1-2H3,(H,17,19). The number of carbonyl (C=O) groups excluding carboxylic acids is 1. The molecule has 2 rings (SSSR count). The van der Waals surface area contributed by atoms with Gasteiger partial charge in [-0.1, -0.05) is 41.9 Å². The van der Waals surface area contributed by atoms with E-state index in [4.69, 9.17) is 0 Å². The van der Waals surface area contributed by atoms with Crippen molar-refractivity contribution >= 4 is 27.7 Å². The molecule has 100 valence electrons. The Morgan fingerprint density at radius 3 is 2.89 bits per heavy atom. The van der Waals surface area contributed by atoms with Crippen molar-refractivity contribution in [2.45, 2.75) is 20.4 Å². The highest BCUT2D eigenvalue weighted by Crippen LogP contribution is 2.15. The van der Waals surface area contributed by atoms with Gasteiger partial charge in [-0.15, -0.1) is 0 Å². The maximum absolute atomic E-state index is 11.7. The van der Waals surface area contributed by atoms with Crippen LogP contribution in [0, 0.1) is 5.92 Å². The lowest BCUT2D eigenvalue weighted by Crippen LogP contribution is -2.20. The highest BCUT2D eigenvalue weighted by Gasteiger charge is 2.10. The minimum Gasteiger partial charge on any atom is -0.311 e. The fraction of sp³-hybridized carbons (Fsp3) is 0.286. The summed E-state index contributed by atoms with van der Waals surface area (Å²) in [6.07, 6.45) is 1.69. The lowest BCUT2D eigenvalue weighted by atomic mass is 10.2. The van der Waals surface area contributed by atoms with E-state index in [9.17, 15) is 4.79 Å². The van der Waals surface area contributed by atoms with Gasteiger partial charge in [0.2, 0.25) is 5.91 Å². The molecule has 0 bridgehead atoms. The lowest BCUT2D eigenvalue weighted by molar-refractivity contribution is -0.118. The lowest BCUT2D eigenvalue weighted by Gasteiger charge is -2.10. The fourth-order valence-electron chi connectivity index (χ4n) is 1.64. The summed E-state index contributed by atoms with van der Waals surface area (Å²) in [4.78, 5) is 11.7. The molecule has 1 aromatic carbocycles. The van der Waals surface area contributed by atoms with Gasteiger partial charge in [0.15, 0.2) is 0 Å². The Bertz CT molecular complexity index is 578. The van der Waals surface area contributed by atoms with Crippen LogP contribution in [0.2, 0.25) is 0 Å². The van der Waals surface area contributed by atoms with Gasteiger partial charge in [-0.05, 0) is 17.7 Å². The zero-order valence-electron chi connectivity index (χ0n) is 10.9. The van der Waals surface area contributed by atoms with Crippen LogP contribution in [0.4, 0.5) is 5.82 Å². The van der Waals surface area contributed by atoms with Gasteiger partial charge in [0.05, 0.1) is 12.7 Å². The van der Waals surface area contributed by atoms with Gasteiger partial charge in [-0.3, -0.25) is 4.79 Å². The van der Waals surface area contributed by atoms with Gasteiger partial charge in [0, 0.05) is 16.5 Å². The van der Waals surface area contributed by atoms with Crippen molar-refractivity contribution in [1.29, 1.82) is 0 Å². The zero-order valence-corrected chi connectivity index (χ0v) is 12.5. The van der Waals surface area contributed by atoms with Crippen molar-refractivity contribution < 1.29 is 4.79 Å². The normalized spacial score (nSPS) is 10.7. The molecule has 0 fully saturated rings. The second-order valence-electron chi connectivity index (χ2n) is 4.65. The van der Waals surface area contributed by atoms with Crippen molar-refractivity contribution in [2.24, 2.45) is 5.92 Å². The number of rotatable bonds is 4. The third-order valence-electron chi connectivity index (χ3n) is 2.71. The summed E-state index contributed by atoms with van der Waals surface area (Å²) in [6, 6.07) is 9.83. The van der Waals surface area contributed by atoms with E-state index in [2.05, 4.69) is 26.3 Å². The van der Waals surface area contributed by atoms with Crippen LogP contribution in [-0.4, -0.2) is 15.7 Å². The summed E-state index contributed by atoms with van der Waals surface area (Å²) < 4.78 is 2.81. The number of halogens is 1. The monoisotopic (exact) mass is 321 g/mol. The topological polar surface area (TPSA) is 46.9 Å². The predicted molar refractivity (Wildman–Crippen MR) is 78.9 cm³/mol. The second-order valence-corrected chi connectivity index (χ2v) is 5.56. The molecule has 1 heterocycles. The second kappa shape index (κ2) is 6.02. The molecule has 0 saturated carbocycles. The van der Waals surface area contributed by atoms with Crippen LogP contribution >= 0.6 is 15.9 Å². The first-order valence-corrected chi connectivity index (χ1v) is 6.92. The summed E-state index contributed by atoms with van der Waals surface area (Å²) in [6.45, 7) is 4.36. The maximum Gasteiger partial charge on any atom is 0.228 e. The Morgan fingerprint density at radius 2 is 2.21 bits per heavy atom. The first-order valence-electron chi connectivity index (χ1n) is 6.13. The SMILES string of the molecule is CC(C)C(=O)Nc1ccnn1Cc1cccc(Br)c1. The summed E-state index contributed by atoms with van der Waals surface area (Å²) >= 11 is 3.44. The van der Waals surface area contributed by atoms with E-state index in [-0.39, 0.29) is 11.8 Å². The van der Waals surface area contributed by atoms with E-state index in [1.807, 2.05) is 38.1 Å². The highest BCUT2D eigenvalue weighted by molar-refractivity contribution is 9.10. The van der Waals surface area contributed by atoms with Crippen molar-refractivity contribution in [3.8, 4) is 0 Å². The zero-order chi connectivity index (χ0) is 13.8. The van der Waals surface area contributed by atoms with Crippen LogP contribution in [0.1, 0.15) is 19.4 Å². The van der Waals surface area contributed by atoms with Crippen molar-refractivity contribution in [3.63, 3.8) is 0 Å². The van der Waals surface area contributed by atoms with E-state index in [0.29, 0.717) is 6.54 Å². The Kier molecular flexibility index (Phi) is 4.37. The molecule has 19 heavy (non-hydrogen) atoms. The molecule has 1 amide bonds. The van der Waals surface area contributed by atoms with Gasteiger partial charge in [-0.25, -0.2) is 4.68 Å². The molecule has 5 heteroatoms. The van der Waals surface area contributed by atoms with Crippen LogP contribution in [0.5, 0.6) is 0 Å². The van der Waals surface area contributed by atoms with Crippen molar-refractivity contribution in [2.75, 3.05) is 5.32 Å². The predicted octanol–water partition coefficient (Wildman–Crippen LogP) is 3.29. The van der Waals surface area contributed by atoms with Gasteiger partial charge < -0.3 is 5.32 Å². The summed E-state index contributed by atoms with van der Waals surface area (Å²) in [5.41, 5.74) is 1.12. The number of benzene rings is 1. The molecule has 0 unspecified atom stereocenters. The van der Waals surface area contributed by atoms with E-state index in [1.54, 1.807) is 16.9 Å². The minimum absolute atomic E-state index is 0.00371. The number of hydrogen-bond donors (Lipinski definition) is 1. The number of anilines is 1. The molecule has 0 saturated heterocycles. The van der Waals surface area contributed by atoms with Crippen LogP contribution < -0.4 is 5.32 Å². The van der Waals surface area contributed by atoms with Crippen LogP contribution in [0.25, 0.3) is 0 Å². The molecule has 1 N–H and O–H groups in total. The van der Waals surface area contributed by atoms with Gasteiger partial charge in [0.25, 0.3) is 0 Å². The molecule has 0 aliphatic carbocycles. The van der Waals surface area contributed by atoms with Crippen molar-refractivity contribution in [1.82, 2.24) is 9.78 Å². The Labute approximate surface area is 120 Å². The first-order chi connectivity index (χ1) is 9.06. The van der Waals surface area contributed by atoms with Gasteiger partial charge in [0.1, 0.15) is 5.82 Å². The summed E-state index contributed by atoms with van der Waals surface area (Å²) in [5.74, 6) is 0.670. The maximum atomic E-state index is 11.7.